The number of carbonyl (C=O) groups is 2. The minimum atomic E-state index is -0.839. The van der Waals surface area contributed by atoms with Gasteiger partial charge in [-0.05, 0) is 36.1 Å². The van der Waals surface area contributed by atoms with Crippen molar-refractivity contribution < 1.29 is 14.3 Å². The maximum Gasteiger partial charge on any atom is 0.410 e. The van der Waals surface area contributed by atoms with E-state index in [1.807, 2.05) is 30.3 Å². The summed E-state index contributed by atoms with van der Waals surface area (Å²) in [6.45, 7) is 0.591. The van der Waals surface area contributed by atoms with Crippen LogP contribution in [0.5, 0.6) is 0 Å². The largest absolute Gasteiger partial charge is 0.445 e. The molecular formula is C21H20ClN3O3. The molecule has 0 aromatic heterocycles. The lowest BCUT2D eigenvalue weighted by Gasteiger charge is -2.24. The molecule has 1 aliphatic rings. The summed E-state index contributed by atoms with van der Waals surface area (Å²) in [6, 6.07) is 16.7. The topological polar surface area (TPSA) is 82.4 Å². The van der Waals surface area contributed by atoms with Gasteiger partial charge in [0.15, 0.2) is 0 Å². The van der Waals surface area contributed by atoms with Crippen LogP contribution in [0, 0.1) is 11.3 Å². The minimum Gasteiger partial charge on any atom is -0.445 e. The summed E-state index contributed by atoms with van der Waals surface area (Å²) in [4.78, 5) is 26.6. The summed E-state index contributed by atoms with van der Waals surface area (Å²) in [5, 5.41) is 12.6. The number of nitriles is 1. The van der Waals surface area contributed by atoms with Crippen molar-refractivity contribution in [1.82, 2.24) is 10.2 Å². The SMILES string of the molecule is N#CC(NC(=O)[C@@H]1CCCN1C(=O)OCc1ccccc1)c1cccc(Cl)c1. The number of benzene rings is 2. The standard InChI is InChI=1S/C21H20ClN3O3/c22-17-9-4-8-16(12-17)18(13-23)24-20(26)19-10-5-11-25(19)21(27)28-14-15-6-2-1-3-7-15/h1-4,6-9,12,18-19H,5,10-11,14H2,(H,24,26)/t18?,19-/m0/s1. The maximum absolute atomic E-state index is 12.7. The van der Waals surface area contributed by atoms with E-state index in [0.717, 1.165) is 5.56 Å². The average molecular weight is 398 g/mol. The number of carbonyl (C=O) groups excluding carboxylic acids is 2. The first-order valence-corrected chi connectivity index (χ1v) is 9.39. The molecule has 2 aromatic rings. The van der Waals surface area contributed by atoms with Crippen LogP contribution >= 0.6 is 11.6 Å². The van der Waals surface area contributed by atoms with Crippen molar-refractivity contribution in [3.63, 3.8) is 0 Å². The smallest absolute Gasteiger partial charge is 0.410 e. The van der Waals surface area contributed by atoms with Crippen LogP contribution in [0.4, 0.5) is 4.79 Å². The van der Waals surface area contributed by atoms with Gasteiger partial charge in [0.05, 0.1) is 6.07 Å². The van der Waals surface area contributed by atoms with Crippen LogP contribution < -0.4 is 5.32 Å². The Hall–Kier alpha value is -3.04. The second kappa shape index (κ2) is 9.25. The van der Waals surface area contributed by atoms with Crippen molar-refractivity contribution in [2.45, 2.75) is 31.5 Å². The van der Waals surface area contributed by atoms with Gasteiger partial charge in [0.25, 0.3) is 0 Å². The lowest BCUT2D eigenvalue weighted by molar-refractivity contribution is -0.125. The van der Waals surface area contributed by atoms with Gasteiger partial charge in [-0.2, -0.15) is 5.26 Å². The summed E-state index contributed by atoms with van der Waals surface area (Å²) in [5.41, 5.74) is 1.47. The van der Waals surface area contributed by atoms with E-state index >= 15 is 0 Å². The number of hydrogen-bond acceptors (Lipinski definition) is 4. The van der Waals surface area contributed by atoms with Crippen LogP contribution in [-0.2, 0) is 16.1 Å². The Morgan fingerprint density at radius 3 is 2.75 bits per heavy atom. The van der Waals surface area contributed by atoms with Crippen molar-refractivity contribution in [2.24, 2.45) is 0 Å². The molecule has 1 N–H and O–H groups in total. The normalized spacial score (nSPS) is 16.9. The molecule has 2 amide bonds. The quantitative estimate of drug-likeness (QED) is 0.831. The Kier molecular flexibility index (Phi) is 6.51. The lowest BCUT2D eigenvalue weighted by atomic mass is 10.1. The first-order chi connectivity index (χ1) is 13.6. The molecule has 1 saturated heterocycles. The van der Waals surface area contributed by atoms with Crippen LogP contribution in [0.3, 0.4) is 0 Å². The Morgan fingerprint density at radius 2 is 2.04 bits per heavy atom. The number of rotatable bonds is 5. The monoisotopic (exact) mass is 397 g/mol. The summed E-state index contributed by atoms with van der Waals surface area (Å²) < 4.78 is 5.35. The predicted molar refractivity (Wildman–Crippen MR) is 104 cm³/mol. The zero-order valence-corrected chi connectivity index (χ0v) is 15.9. The number of nitrogens with zero attached hydrogens (tertiary/aromatic N) is 2. The van der Waals surface area contributed by atoms with Gasteiger partial charge in [-0.15, -0.1) is 0 Å². The number of halogens is 1. The van der Waals surface area contributed by atoms with Crippen molar-refractivity contribution in [2.75, 3.05) is 6.54 Å². The molecule has 1 aliphatic heterocycles. The van der Waals surface area contributed by atoms with E-state index in [4.69, 9.17) is 16.3 Å². The van der Waals surface area contributed by atoms with Crippen LogP contribution in [0.1, 0.15) is 30.0 Å². The van der Waals surface area contributed by atoms with Crippen LogP contribution in [0.2, 0.25) is 5.02 Å². The van der Waals surface area contributed by atoms with Crippen molar-refractivity contribution >= 4 is 23.6 Å². The van der Waals surface area contributed by atoms with E-state index in [1.54, 1.807) is 24.3 Å². The van der Waals surface area contributed by atoms with Gasteiger partial charge in [-0.3, -0.25) is 9.69 Å². The van der Waals surface area contributed by atoms with Crippen LogP contribution in [-0.4, -0.2) is 29.5 Å². The van der Waals surface area contributed by atoms with E-state index in [9.17, 15) is 14.9 Å². The Bertz CT molecular complexity index is 882. The van der Waals surface area contributed by atoms with Gasteiger partial charge in [0.2, 0.25) is 5.91 Å². The van der Waals surface area contributed by atoms with E-state index in [0.29, 0.717) is 30.0 Å². The van der Waals surface area contributed by atoms with Crippen LogP contribution in [0.25, 0.3) is 0 Å². The van der Waals surface area contributed by atoms with Crippen molar-refractivity contribution in [3.05, 3.63) is 70.7 Å². The molecule has 0 saturated carbocycles. The van der Waals surface area contributed by atoms with E-state index < -0.39 is 18.2 Å². The molecule has 0 spiro atoms. The summed E-state index contributed by atoms with van der Waals surface area (Å²) in [7, 11) is 0. The summed E-state index contributed by atoms with van der Waals surface area (Å²) in [5.74, 6) is -0.374. The molecular weight excluding hydrogens is 378 g/mol. The molecule has 0 radical (unpaired) electrons. The fraction of sp³-hybridized carbons (Fsp3) is 0.286. The third-order valence-corrected chi connectivity index (χ3v) is 4.83. The van der Waals surface area contributed by atoms with Crippen LogP contribution in [0.15, 0.2) is 54.6 Å². The van der Waals surface area contributed by atoms with E-state index in [-0.39, 0.29) is 12.5 Å². The number of likely N-dealkylation sites (tertiary alicyclic amines) is 1. The molecule has 2 atom stereocenters. The first-order valence-electron chi connectivity index (χ1n) is 9.01. The van der Waals surface area contributed by atoms with E-state index in [2.05, 4.69) is 11.4 Å². The second-order valence-corrected chi connectivity index (χ2v) is 6.95. The number of nitrogens with one attached hydrogen (secondary N) is 1. The molecule has 6 nitrogen and oxygen atoms in total. The number of hydrogen-bond donors (Lipinski definition) is 1. The van der Waals surface area contributed by atoms with Gasteiger partial charge in [-0.25, -0.2) is 4.79 Å². The Balaban J connectivity index is 1.62. The van der Waals surface area contributed by atoms with Gasteiger partial charge in [-0.1, -0.05) is 54.1 Å². The lowest BCUT2D eigenvalue weighted by Crippen LogP contribution is -2.46. The zero-order valence-electron chi connectivity index (χ0n) is 15.2. The molecule has 1 fully saturated rings. The van der Waals surface area contributed by atoms with Crippen molar-refractivity contribution in [3.8, 4) is 6.07 Å². The van der Waals surface area contributed by atoms with Gasteiger partial charge >= 0.3 is 6.09 Å². The summed E-state index contributed by atoms with van der Waals surface area (Å²) >= 11 is 5.97. The highest BCUT2D eigenvalue weighted by atomic mass is 35.5. The Morgan fingerprint density at radius 1 is 1.25 bits per heavy atom. The molecule has 0 bridgehead atoms. The third-order valence-electron chi connectivity index (χ3n) is 4.59. The number of amides is 2. The average Bonchev–Trinajstić information content (AvgIpc) is 3.21. The highest BCUT2D eigenvalue weighted by Gasteiger charge is 2.36. The highest BCUT2D eigenvalue weighted by Crippen LogP contribution is 2.22. The highest BCUT2D eigenvalue weighted by molar-refractivity contribution is 6.30. The third kappa shape index (κ3) is 4.81. The fourth-order valence-corrected chi connectivity index (χ4v) is 3.37. The minimum absolute atomic E-state index is 0.147. The molecule has 7 heteroatoms. The second-order valence-electron chi connectivity index (χ2n) is 6.52. The molecule has 2 aromatic carbocycles. The maximum atomic E-state index is 12.7. The predicted octanol–water partition coefficient (Wildman–Crippen LogP) is 3.82. The zero-order chi connectivity index (χ0) is 19.9. The molecule has 144 valence electrons. The van der Waals surface area contributed by atoms with Gasteiger partial charge in [0, 0.05) is 11.6 Å². The van der Waals surface area contributed by atoms with Gasteiger partial charge < -0.3 is 10.1 Å². The molecule has 28 heavy (non-hydrogen) atoms. The molecule has 1 unspecified atom stereocenters. The first kappa shape index (κ1) is 19.7. The fourth-order valence-electron chi connectivity index (χ4n) is 3.17. The Labute approximate surface area is 168 Å². The molecule has 0 aliphatic carbocycles. The number of ether oxygens (including phenoxy) is 1. The summed E-state index contributed by atoms with van der Waals surface area (Å²) in [6.07, 6.45) is 0.699. The molecule has 3 rings (SSSR count). The van der Waals surface area contributed by atoms with Crippen molar-refractivity contribution in [1.29, 1.82) is 5.26 Å². The molecule has 1 heterocycles. The van der Waals surface area contributed by atoms with Gasteiger partial charge in [0.1, 0.15) is 18.7 Å². The van der Waals surface area contributed by atoms with E-state index in [1.165, 1.54) is 4.90 Å².